The predicted molar refractivity (Wildman–Crippen MR) is 70.3 cm³/mol. The van der Waals surface area contributed by atoms with Crippen LogP contribution in [0.1, 0.15) is 49.4 Å². The second-order valence-electron chi connectivity index (χ2n) is 4.98. The van der Waals surface area contributed by atoms with E-state index in [1.165, 1.54) is 12.1 Å². The minimum atomic E-state index is -4.30. The van der Waals surface area contributed by atoms with Crippen molar-refractivity contribution in [3.05, 3.63) is 34.9 Å². The number of hydrogen-bond donors (Lipinski definition) is 2. The number of halogens is 3. The third-order valence-corrected chi connectivity index (χ3v) is 3.42. The van der Waals surface area contributed by atoms with Gasteiger partial charge in [0.05, 0.1) is 5.56 Å². The molecule has 0 heterocycles. The van der Waals surface area contributed by atoms with Crippen LogP contribution in [-0.4, -0.2) is 0 Å². The quantitative estimate of drug-likeness (QED) is 0.630. The van der Waals surface area contributed by atoms with E-state index in [2.05, 4.69) is 12.3 Å². The topological polar surface area (TPSA) is 38.0 Å². The van der Waals surface area contributed by atoms with E-state index in [0.29, 0.717) is 5.56 Å². The lowest BCUT2D eigenvalue weighted by molar-refractivity contribution is -0.137. The van der Waals surface area contributed by atoms with Crippen molar-refractivity contribution in [3.8, 4) is 0 Å². The van der Waals surface area contributed by atoms with E-state index in [0.717, 1.165) is 24.5 Å². The Labute approximate surface area is 112 Å². The fourth-order valence-corrected chi connectivity index (χ4v) is 2.38. The van der Waals surface area contributed by atoms with Gasteiger partial charge in [-0.25, -0.2) is 0 Å². The molecule has 1 aromatic carbocycles. The smallest absolute Gasteiger partial charge is 0.271 e. The molecule has 19 heavy (non-hydrogen) atoms. The van der Waals surface area contributed by atoms with Crippen LogP contribution in [0.15, 0.2) is 18.2 Å². The van der Waals surface area contributed by atoms with Crippen molar-refractivity contribution < 1.29 is 13.2 Å². The number of hydrogen-bond acceptors (Lipinski definition) is 2. The van der Waals surface area contributed by atoms with Crippen LogP contribution in [0.5, 0.6) is 0 Å². The average Bonchev–Trinajstić information content (AvgIpc) is 2.31. The second-order valence-corrected chi connectivity index (χ2v) is 4.98. The summed E-state index contributed by atoms with van der Waals surface area (Å²) in [6.07, 6.45) is -2.32. The number of hydrazine groups is 1. The van der Waals surface area contributed by atoms with Crippen molar-refractivity contribution in [2.45, 2.75) is 45.8 Å². The Bertz CT molecular complexity index is 416. The maximum absolute atomic E-state index is 12.6. The molecule has 2 unspecified atom stereocenters. The zero-order valence-electron chi connectivity index (χ0n) is 11.5. The number of aryl methyl sites for hydroxylation is 1. The molecule has 0 saturated heterocycles. The Hall–Kier alpha value is -1.07. The van der Waals surface area contributed by atoms with E-state index in [4.69, 9.17) is 5.84 Å². The number of alkyl halides is 3. The average molecular weight is 274 g/mol. The molecular formula is C14H21F3N2. The normalized spacial score (nSPS) is 15.3. The first-order chi connectivity index (χ1) is 8.81. The van der Waals surface area contributed by atoms with Gasteiger partial charge in [-0.15, -0.1) is 0 Å². The van der Waals surface area contributed by atoms with Crippen LogP contribution in [0.3, 0.4) is 0 Å². The van der Waals surface area contributed by atoms with E-state index >= 15 is 0 Å². The van der Waals surface area contributed by atoms with Gasteiger partial charge in [0.15, 0.2) is 0 Å². The van der Waals surface area contributed by atoms with Gasteiger partial charge in [0.1, 0.15) is 0 Å². The molecule has 1 rings (SSSR count). The number of rotatable bonds is 5. The van der Waals surface area contributed by atoms with Crippen molar-refractivity contribution in [1.29, 1.82) is 0 Å². The zero-order valence-corrected chi connectivity index (χ0v) is 11.5. The Morgan fingerprint density at radius 1 is 1.32 bits per heavy atom. The van der Waals surface area contributed by atoms with Gasteiger partial charge in [-0.2, -0.15) is 13.2 Å². The Kier molecular flexibility index (Phi) is 5.38. The van der Waals surface area contributed by atoms with Crippen molar-refractivity contribution >= 4 is 0 Å². The molecule has 0 aromatic heterocycles. The van der Waals surface area contributed by atoms with Gasteiger partial charge in [-0.05, 0) is 42.5 Å². The van der Waals surface area contributed by atoms with Gasteiger partial charge < -0.3 is 0 Å². The van der Waals surface area contributed by atoms with E-state index < -0.39 is 11.7 Å². The van der Waals surface area contributed by atoms with E-state index in [1.54, 1.807) is 6.92 Å². The lowest BCUT2D eigenvalue weighted by Crippen LogP contribution is -2.33. The summed E-state index contributed by atoms with van der Waals surface area (Å²) in [4.78, 5) is 0. The fourth-order valence-electron chi connectivity index (χ4n) is 2.38. The van der Waals surface area contributed by atoms with E-state index in [1.807, 2.05) is 6.92 Å². The van der Waals surface area contributed by atoms with Gasteiger partial charge in [-0.1, -0.05) is 26.3 Å². The number of nitrogens with two attached hydrogens (primary N) is 1. The molecular weight excluding hydrogens is 253 g/mol. The first-order valence-electron chi connectivity index (χ1n) is 6.45. The van der Waals surface area contributed by atoms with Crippen LogP contribution >= 0.6 is 0 Å². The SMILES string of the molecule is CCCC(C)C(NN)c1ccc(C(F)(F)F)cc1C. The summed E-state index contributed by atoms with van der Waals surface area (Å²) >= 11 is 0. The number of nitrogens with one attached hydrogen (secondary N) is 1. The maximum Gasteiger partial charge on any atom is 0.416 e. The van der Waals surface area contributed by atoms with Gasteiger partial charge in [0.25, 0.3) is 0 Å². The molecule has 2 atom stereocenters. The van der Waals surface area contributed by atoms with Crippen LogP contribution < -0.4 is 11.3 Å². The number of benzene rings is 1. The largest absolute Gasteiger partial charge is 0.416 e. The molecule has 1 aromatic rings. The van der Waals surface area contributed by atoms with Gasteiger partial charge in [0.2, 0.25) is 0 Å². The molecule has 0 radical (unpaired) electrons. The minimum Gasteiger partial charge on any atom is -0.271 e. The predicted octanol–water partition coefficient (Wildman–Crippen LogP) is 3.95. The van der Waals surface area contributed by atoms with Crippen molar-refractivity contribution in [2.75, 3.05) is 0 Å². The highest BCUT2D eigenvalue weighted by Gasteiger charge is 2.31. The lowest BCUT2D eigenvalue weighted by atomic mass is 9.88. The molecule has 0 saturated carbocycles. The fraction of sp³-hybridized carbons (Fsp3) is 0.571. The first-order valence-corrected chi connectivity index (χ1v) is 6.45. The van der Waals surface area contributed by atoms with Gasteiger partial charge in [-0.3, -0.25) is 11.3 Å². The van der Waals surface area contributed by atoms with E-state index in [9.17, 15) is 13.2 Å². The van der Waals surface area contributed by atoms with Crippen LogP contribution in [0.4, 0.5) is 13.2 Å². The standard InChI is InChI=1S/C14H21F3N2/c1-4-5-9(2)13(19-18)12-7-6-11(8-10(12)3)14(15,16)17/h6-9,13,19H,4-5,18H2,1-3H3. The molecule has 2 nitrogen and oxygen atoms in total. The summed E-state index contributed by atoms with van der Waals surface area (Å²) in [6.45, 7) is 5.81. The van der Waals surface area contributed by atoms with Gasteiger partial charge >= 0.3 is 6.18 Å². The Balaban J connectivity index is 3.06. The molecule has 0 amide bonds. The molecule has 0 bridgehead atoms. The highest BCUT2D eigenvalue weighted by molar-refractivity contribution is 5.34. The second kappa shape index (κ2) is 6.39. The van der Waals surface area contributed by atoms with Crippen molar-refractivity contribution in [1.82, 2.24) is 5.43 Å². The minimum absolute atomic E-state index is 0.123. The molecule has 5 heteroatoms. The summed E-state index contributed by atoms with van der Waals surface area (Å²) in [6, 6.07) is 3.70. The van der Waals surface area contributed by atoms with Crippen LogP contribution in [0, 0.1) is 12.8 Å². The molecule has 3 N–H and O–H groups in total. The summed E-state index contributed by atoms with van der Waals surface area (Å²) in [5, 5.41) is 0. The molecule has 108 valence electrons. The molecule has 0 aliphatic carbocycles. The van der Waals surface area contributed by atoms with E-state index in [-0.39, 0.29) is 12.0 Å². The third-order valence-electron chi connectivity index (χ3n) is 3.42. The van der Waals surface area contributed by atoms with Crippen LogP contribution in [0.25, 0.3) is 0 Å². The van der Waals surface area contributed by atoms with Crippen LogP contribution in [-0.2, 0) is 6.18 Å². The first kappa shape index (κ1) is 16.0. The summed E-state index contributed by atoms with van der Waals surface area (Å²) in [5.74, 6) is 5.83. The monoisotopic (exact) mass is 274 g/mol. The summed E-state index contributed by atoms with van der Waals surface area (Å²) in [5.41, 5.74) is 3.54. The van der Waals surface area contributed by atoms with Crippen LogP contribution in [0.2, 0.25) is 0 Å². The molecule has 0 spiro atoms. The summed E-state index contributed by atoms with van der Waals surface area (Å²) < 4.78 is 37.9. The zero-order chi connectivity index (χ0) is 14.6. The lowest BCUT2D eigenvalue weighted by Gasteiger charge is -2.25. The highest BCUT2D eigenvalue weighted by atomic mass is 19.4. The van der Waals surface area contributed by atoms with Crippen molar-refractivity contribution in [3.63, 3.8) is 0 Å². The third kappa shape index (κ3) is 3.94. The maximum atomic E-state index is 12.6. The Morgan fingerprint density at radius 3 is 2.37 bits per heavy atom. The van der Waals surface area contributed by atoms with Gasteiger partial charge in [0, 0.05) is 6.04 Å². The molecule has 0 aliphatic heterocycles. The Morgan fingerprint density at radius 2 is 1.95 bits per heavy atom. The van der Waals surface area contributed by atoms with Crippen molar-refractivity contribution in [2.24, 2.45) is 11.8 Å². The molecule has 0 fully saturated rings. The molecule has 0 aliphatic rings. The summed E-state index contributed by atoms with van der Waals surface area (Å²) in [7, 11) is 0. The highest BCUT2D eigenvalue weighted by Crippen LogP contribution is 2.33.